The number of nitro benzene ring substituents is 1. The largest absolute Gasteiger partial charge is 0.502 e. The Labute approximate surface area is 110 Å². The van der Waals surface area contributed by atoms with E-state index >= 15 is 0 Å². The van der Waals surface area contributed by atoms with Gasteiger partial charge in [-0.15, -0.1) is 0 Å². The first-order valence-electron chi connectivity index (χ1n) is 5.65. The maximum absolute atomic E-state index is 10.7. The molecule has 0 aliphatic heterocycles. The van der Waals surface area contributed by atoms with Gasteiger partial charge in [0.1, 0.15) is 0 Å². The Morgan fingerprint density at radius 2 is 2.05 bits per heavy atom. The van der Waals surface area contributed by atoms with Crippen molar-refractivity contribution in [1.29, 1.82) is 0 Å². The predicted molar refractivity (Wildman–Crippen MR) is 72.7 cm³/mol. The fraction of sp³-hybridized carbons (Fsp3) is 0.0714. The van der Waals surface area contributed by atoms with Crippen molar-refractivity contribution in [1.82, 2.24) is 4.98 Å². The Balaban J connectivity index is 2.29. The van der Waals surface area contributed by atoms with Crippen molar-refractivity contribution in [2.45, 2.75) is 6.92 Å². The van der Waals surface area contributed by atoms with Crippen LogP contribution in [0.4, 0.5) is 5.69 Å². The summed E-state index contributed by atoms with van der Waals surface area (Å²) in [4.78, 5) is 14.4. The number of hydrogen-bond donors (Lipinski definition) is 1. The second kappa shape index (κ2) is 5.30. The minimum absolute atomic E-state index is 0.306. The number of aromatic hydroxyl groups is 1. The van der Waals surface area contributed by atoms with E-state index in [1.54, 1.807) is 18.2 Å². The van der Waals surface area contributed by atoms with Crippen LogP contribution in [-0.2, 0) is 0 Å². The lowest BCUT2D eigenvalue weighted by atomic mass is 10.1. The van der Waals surface area contributed by atoms with E-state index in [2.05, 4.69) is 4.98 Å². The molecule has 2 aromatic rings. The minimum atomic E-state index is -0.614. The molecule has 0 fully saturated rings. The molecular weight excluding hydrogens is 244 g/mol. The van der Waals surface area contributed by atoms with Gasteiger partial charge in [0.05, 0.1) is 10.6 Å². The van der Waals surface area contributed by atoms with Gasteiger partial charge >= 0.3 is 5.69 Å². The zero-order valence-corrected chi connectivity index (χ0v) is 10.3. The lowest BCUT2D eigenvalue weighted by Gasteiger charge is -1.98. The number of pyridine rings is 1. The van der Waals surface area contributed by atoms with E-state index in [1.807, 2.05) is 25.1 Å². The zero-order chi connectivity index (χ0) is 13.8. The number of nitro groups is 1. The van der Waals surface area contributed by atoms with E-state index in [1.165, 1.54) is 12.1 Å². The molecule has 0 aliphatic rings. The number of rotatable bonds is 3. The van der Waals surface area contributed by atoms with Crippen molar-refractivity contribution >= 4 is 17.8 Å². The molecule has 0 amide bonds. The van der Waals surface area contributed by atoms with Crippen molar-refractivity contribution in [3.05, 3.63) is 63.5 Å². The van der Waals surface area contributed by atoms with Crippen LogP contribution < -0.4 is 0 Å². The Morgan fingerprint density at radius 1 is 1.26 bits per heavy atom. The molecule has 0 spiro atoms. The van der Waals surface area contributed by atoms with Gasteiger partial charge in [0.2, 0.25) is 0 Å². The third-order valence-electron chi connectivity index (χ3n) is 2.55. The fourth-order valence-electron chi connectivity index (χ4n) is 1.63. The molecule has 1 aromatic carbocycles. The van der Waals surface area contributed by atoms with Gasteiger partial charge in [-0.1, -0.05) is 18.2 Å². The zero-order valence-electron chi connectivity index (χ0n) is 10.3. The summed E-state index contributed by atoms with van der Waals surface area (Å²) in [6.45, 7) is 1.89. The summed E-state index contributed by atoms with van der Waals surface area (Å²) in [5.41, 5.74) is 2.00. The molecular formula is C14H12N2O3. The topological polar surface area (TPSA) is 76.3 Å². The van der Waals surface area contributed by atoms with E-state index in [0.717, 1.165) is 11.4 Å². The Hall–Kier alpha value is -2.69. The number of aromatic nitrogens is 1. The van der Waals surface area contributed by atoms with Crippen LogP contribution in [0.2, 0.25) is 0 Å². The molecule has 96 valence electrons. The average Bonchev–Trinajstić information content (AvgIpc) is 2.37. The van der Waals surface area contributed by atoms with E-state index < -0.39 is 4.92 Å². The molecule has 19 heavy (non-hydrogen) atoms. The van der Waals surface area contributed by atoms with E-state index in [4.69, 9.17) is 0 Å². The second-order valence-corrected chi connectivity index (χ2v) is 4.04. The van der Waals surface area contributed by atoms with E-state index in [9.17, 15) is 15.2 Å². The van der Waals surface area contributed by atoms with Gasteiger partial charge in [-0.2, -0.15) is 0 Å². The van der Waals surface area contributed by atoms with Crippen molar-refractivity contribution in [2.75, 3.05) is 0 Å². The Bertz CT molecular complexity index is 651. The summed E-state index contributed by atoms with van der Waals surface area (Å²) >= 11 is 0. The van der Waals surface area contributed by atoms with Crippen molar-refractivity contribution < 1.29 is 10.0 Å². The third kappa shape index (κ3) is 3.16. The first-order chi connectivity index (χ1) is 9.06. The molecule has 0 saturated heterocycles. The van der Waals surface area contributed by atoms with Crippen LogP contribution in [0, 0.1) is 17.0 Å². The third-order valence-corrected chi connectivity index (χ3v) is 2.55. The summed E-state index contributed by atoms with van der Waals surface area (Å²) in [6, 6.07) is 9.86. The number of phenolic OH excluding ortho intramolecular Hbond substituents is 1. The van der Waals surface area contributed by atoms with Crippen LogP contribution in [0.3, 0.4) is 0 Å². The molecule has 0 radical (unpaired) electrons. The summed E-state index contributed by atoms with van der Waals surface area (Å²) in [5, 5.41) is 20.1. The quantitative estimate of drug-likeness (QED) is 0.676. The van der Waals surface area contributed by atoms with Crippen LogP contribution in [-0.4, -0.2) is 15.0 Å². The van der Waals surface area contributed by atoms with Crippen LogP contribution in [0.25, 0.3) is 12.2 Å². The molecule has 0 saturated carbocycles. The number of hydrogen-bond acceptors (Lipinski definition) is 4. The number of benzene rings is 1. The summed E-state index contributed by atoms with van der Waals surface area (Å²) in [6.07, 6.45) is 3.48. The smallest absolute Gasteiger partial charge is 0.311 e. The van der Waals surface area contributed by atoms with Crippen LogP contribution in [0.5, 0.6) is 5.75 Å². The molecule has 0 atom stereocenters. The average molecular weight is 256 g/mol. The highest BCUT2D eigenvalue weighted by atomic mass is 16.6. The van der Waals surface area contributed by atoms with Crippen LogP contribution in [0.15, 0.2) is 36.4 Å². The van der Waals surface area contributed by atoms with E-state index in [-0.39, 0.29) is 11.4 Å². The van der Waals surface area contributed by atoms with Gasteiger partial charge in [0.15, 0.2) is 5.75 Å². The fourth-order valence-corrected chi connectivity index (χ4v) is 1.63. The van der Waals surface area contributed by atoms with E-state index in [0.29, 0.717) is 5.56 Å². The summed E-state index contributed by atoms with van der Waals surface area (Å²) in [5.74, 6) is -0.337. The molecule has 5 nitrogen and oxygen atoms in total. The normalized spacial score (nSPS) is 10.8. The lowest BCUT2D eigenvalue weighted by Crippen LogP contribution is -1.89. The van der Waals surface area contributed by atoms with Gasteiger partial charge in [-0.05, 0) is 36.8 Å². The monoisotopic (exact) mass is 256 g/mol. The molecule has 2 rings (SSSR count). The number of nitrogens with zero attached hydrogens (tertiary/aromatic N) is 2. The number of aryl methyl sites for hydroxylation is 1. The molecule has 5 heteroatoms. The van der Waals surface area contributed by atoms with Gasteiger partial charge in [0, 0.05) is 11.8 Å². The molecule has 0 aliphatic carbocycles. The summed E-state index contributed by atoms with van der Waals surface area (Å²) in [7, 11) is 0. The highest BCUT2D eigenvalue weighted by Gasteiger charge is 2.12. The van der Waals surface area contributed by atoms with Gasteiger partial charge in [0.25, 0.3) is 0 Å². The Kier molecular flexibility index (Phi) is 3.56. The highest BCUT2D eigenvalue weighted by Crippen LogP contribution is 2.26. The predicted octanol–water partition coefficient (Wildman–Crippen LogP) is 3.17. The first kappa shape index (κ1) is 12.8. The lowest BCUT2D eigenvalue weighted by molar-refractivity contribution is -0.385. The van der Waals surface area contributed by atoms with Gasteiger partial charge in [-0.25, -0.2) is 0 Å². The van der Waals surface area contributed by atoms with Crippen molar-refractivity contribution in [3.63, 3.8) is 0 Å². The van der Waals surface area contributed by atoms with Crippen LogP contribution >= 0.6 is 0 Å². The molecule has 1 heterocycles. The van der Waals surface area contributed by atoms with Crippen LogP contribution in [0.1, 0.15) is 17.0 Å². The Morgan fingerprint density at radius 3 is 2.74 bits per heavy atom. The second-order valence-electron chi connectivity index (χ2n) is 4.04. The van der Waals surface area contributed by atoms with Crippen molar-refractivity contribution in [3.8, 4) is 5.75 Å². The maximum atomic E-state index is 10.7. The molecule has 1 aromatic heterocycles. The van der Waals surface area contributed by atoms with Gasteiger partial charge < -0.3 is 5.11 Å². The maximum Gasteiger partial charge on any atom is 0.311 e. The highest BCUT2D eigenvalue weighted by molar-refractivity contribution is 5.70. The standard InChI is InChI=1S/C14H12N2O3/c1-10-3-2-4-12(15-10)7-5-11-6-8-14(17)13(9-11)16(18)19/h2-9,17H,1H3/b7-5+. The summed E-state index contributed by atoms with van der Waals surface area (Å²) < 4.78 is 0. The van der Waals surface area contributed by atoms with Gasteiger partial charge in [-0.3, -0.25) is 15.1 Å². The molecule has 0 unspecified atom stereocenters. The molecule has 1 N–H and O–H groups in total. The molecule has 0 bridgehead atoms. The minimum Gasteiger partial charge on any atom is -0.502 e. The first-order valence-corrected chi connectivity index (χ1v) is 5.65. The SMILES string of the molecule is Cc1cccc(/C=C/c2ccc(O)c([N+](=O)[O-])c2)n1. The van der Waals surface area contributed by atoms with Crippen molar-refractivity contribution in [2.24, 2.45) is 0 Å². The number of phenols is 1.